The normalized spacial score (nSPS) is 13.1. The number of carbonyl (C=O) groups excluding carboxylic acids is 1. The Morgan fingerprint density at radius 3 is 2.56 bits per heavy atom. The number of hydrogen-bond acceptors (Lipinski definition) is 6. The summed E-state index contributed by atoms with van der Waals surface area (Å²) in [5.74, 6) is 0.291. The highest BCUT2D eigenvalue weighted by Crippen LogP contribution is 2.30. The predicted molar refractivity (Wildman–Crippen MR) is 134 cm³/mol. The monoisotopic (exact) mass is 490 g/mol. The summed E-state index contributed by atoms with van der Waals surface area (Å²) in [4.78, 5) is 24.6. The van der Waals surface area contributed by atoms with E-state index in [0.717, 1.165) is 35.6 Å². The van der Waals surface area contributed by atoms with Crippen molar-refractivity contribution in [3.63, 3.8) is 0 Å². The number of benzene rings is 2. The van der Waals surface area contributed by atoms with Crippen LogP contribution < -0.4 is 4.90 Å². The molecule has 0 radical (unpaired) electrons. The van der Waals surface area contributed by atoms with Crippen molar-refractivity contribution in [2.24, 2.45) is 0 Å². The van der Waals surface area contributed by atoms with E-state index in [4.69, 9.17) is 11.6 Å². The Labute approximate surface area is 207 Å². The number of thioether (sulfide) groups is 1. The van der Waals surface area contributed by atoms with Gasteiger partial charge in [0.2, 0.25) is 0 Å². The molecule has 0 fully saturated rings. The zero-order valence-corrected chi connectivity index (χ0v) is 20.5. The third-order valence-electron chi connectivity index (χ3n) is 5.69. The number of fused-ring (bicyclic) bond motifs is 1. The lowest BCUT2D eigenvalue weighted by Crippen LogP contribution is -2.36. The van der Waals surface area contributed by atoms with Crippen LogP contribution in [-0.2, 0) is 12.2 Å². The van der Waals surface area contributed by atoms with Gasteiger partial charge in [0.05, 0.1) is 11.4 Å². The average molecular weight is 491 g/mol. The molecule has 2 aromatic heterocycles. The minimum absolute atomic E-state index is 0.149. The fourth-order valence-corrected chi connectivity index (χ4v) is 5.22. The lowest BCUT2D eigenvalue weighted by Gasteiger charge is -2.29. The summed E-state index contributed by atoms with van der Waals surface area (Å²) < 4.78 is 1.70. The van der Waals surface area contributed by atoms with E-state index < -0.39 is 0 Å². The van der Waals surface area contributed by atoms with Gasteiger partial charge in [-0.15, -0.1) is 5.10 Å². The van der Waals surface area contributed by atoms with E-state index in [1.165, 1.54) is 17.3 Å². The number of hydrogen-bond donors (Lipinski definition) is 0. The van der Waals surface area contributed by atoms with Crippen molar-refractivity contribution >= 4 is 35.0 Å². The van der Waals surface area contributed by atoms with Gasteiger partial charge in [-0.25, -0.2) is 14.6 Å². The van der Waals surface area contributed by atoms with Gasteiger partial charge < -0.3 is 4.90 Å². The minimum Gasteiger partial charge on any atom is -0.307 e. The number of nitrogens with zero attached hydrogens (tertiary/aromatic N) is 6. The Morgan fingerprint density at radius 2 is 1.79 bits per heavy atom. The lowest BCUT2D eigenvalue weighted by molar-refractivity contribution is 0.0979. The average Bonchev–Trinajstić information content (AvgIpc) is 3.25. The van der Waals surface area contributed by atoms with E-state index in [0.29, 0.717) is 33.9 Å². The number of carbonyl (C=O) groups is 1. The molecule has 1 amide bonds. The first kappa shape index (κ1) is 22.6. The summed E-state index contributed by atoms with van der Waals surface area (Å²) in [6, 6.07) is 17.3. The number of amides is 1. The topological polar surface area (TPSA) is 76.8 Å². The molecule has 5 rings (SSSR count). The van der Waals surface area contributed by atoms with E-state index in [2.05, 4.69) is 26.3 Å². The third kappa shape index (κ3) is 4.56. The zero-order chi connectivity index (χ0) is 23.7. The molecule has 0 unspecified atom stereocenters. The Kier molecular flexibility index (Phi) is 6.34. The second-order valence-corrected chi connectivity index (χ2v) is 9.56. The van der Waals surface area contributed by atoms with Gasteiger partial charge in [0.1, 0.15) is 0 Å². The number of aryl methyl sites for hydroxylation is 3. The van der Waals surface area contributed by atoms with Crippen molar-refractivity contribution in [3.05, 3.63) is 88.0 Å². The maximum absolute atomic E-state index is 13.8. The fourth-order valence-electron chi connectivity index (χ4n) is 4.15. The summed E-state index contributed by atoms with van der Waals surface area (Å²) >= 11 is 7.55. The molecule has 1 aliphatic heterocycles. The second kappa shape index (κ2) is 9.56. The summed E-state index contributed by atoms with van der Waals surface area (Å²) in [7, 11) is 0. The molecule has 2 aromatic carbocycles. The molecule has 0 bridgehead atoms. The van der Waals surface area contributed by atoms with Crippen LogP contribution in [-0.4, -0.2) is 37.4 Å². The van der Waals surface area contributed by atoms with Crippen LogP contribution in [0.15, 0.2) is 59.8 Å². The van der Waals surface area contributed by atoms with Crippen molar-refractivity contribution in [1.82, 2.24) is 25.0 Å². The largest absolute Gasteiger partial charge is 0.307 e. The molecule has 4 aromatic rings. The van der Waals surface area contributed by atoms with Gasteiger partial charge in [0, 0.05) is 34.4 Å². The van der Waals surface area contributed by atoms with Crippen LogP contribution in [0.5, 0.6) is 0 Å². The lowest BCUT2D eigenvalue weighted by atomic mass is 10.0. The molecule has 0 saturated heterocycles. The molecule has 7 nitrogen and oxygen atoms in total. The molecule has 0 saturated carbocycles. The Balaban J connectivity index is 1.53. The van der Waals surface area contributed by atoms with Crippen molar-refractivity contribution in [2.75, 3.05) is 11.4 Å². The molecule has 0 aliphatic carbocycles. The number of halogens is 1. The Bertz CT molecular complexity index is 1330. The van der Waals surface area contributed by atoms with E-state index in [9.17, 15) is 4.79 Å². The molecule has 0 N–H and O–H groups in total. The molecule has 34 heavy (non-hydrogen) atoms. The first-order chi connectivity index (χ1) is 16.5. The summed E-state index contributed by atoms with van der Waals surface area (Å²) in [6.07, 6.45) is 1.87. The molecular weight excluding hydrogens is 468 g/mol. The zero-order valence-electron chi connectivity index (χ0n) is 18.9. The van der Waals surface area contributed by atoms with Crippen molar-refractivity contribution in [2.45, 2.75) is 37.6 Å². The fraction of sp³-hybridized carbons (Fsp3) is 0.240. The van der Waals surface area contributed by atoms with Crippen molar-refractivity contribution in [3.8, 4) is 5.69 Å². The van der Waals surface area contributed by atoms with Gasteiger partial charge in [0.25, 0.3) is 5.91 Å². The molecule has 3 heterocycles. The smallest absolute Gasteiger partial charge is 0.280 e. The highest BCUT2D eigenvalue weighted by molar-refractivity contribution is 7.98. The number of aromatic nitrogens is 5. The highest BCUT2D eigenvalue weighted by Gasteiger charge is 2.29. The number of para-hydroxylation sites is 1. The third-order valence-corrected chi connectivity index (χ3v) is 6.80. The van der Waals surface area contributed by atoms with Crippen LogP contribution in [0.4, 0.5) is 5.69 Å². The molecule has 172 valence electrons. The number of rotatable bonds is 5. The van der Waals surface area contributed by atoms with Crippen LogP contribution in [0.2, 0.25) is 5.02 Å². The first-order valence-corrected chi connectivity index (χ1v) is 12.4. The van der Waals surface area contributed by atoms with Crippen LogP contribution in [0.3, 0.4) is 0 Å². The summed E-state index contributed by atoms with van der Waals surface area (Å²) in [5, 5.41) is 9.99. The predicted octanol–water partition coefficient (Wildman–Crippen LogP) is 5.21. The van der Waals surface area contributed by atoms with E-state index in [1.807, 2.05) is 55.1 Å². The first-order valence-electron chi connectivity index (χ1n) is 11.0. The molecule has 0 atom stereocenters. The van der Waals surface area contributed by atoms with Crippen LogP contribution >= 0.6 is 23.4 Å². The van der Waals surface area contributed by atoms with Gasteiger partial charge in [-0.05, 0) is 68.7 Å². The SMILES string of the molecule is Cc1cc(C)nc(SCc2c(C(=O)N3CCCc4ccccc43)nnn2-c2ccc(Cl)cc2)n1. The van der Waals surface area contributed by atoms with Gasteiger partial charge in [0.15, 0.2) is 10.9 Å². The standard InChI is InChI=1S/C25H23ClN6OS/c1-16-14-17(2)28-25(27-16)34-15-22-23(29-30-32(22)20-11-9-19(26)10-12-20)24(33)31-13-5-7-18-6-3-4-8-21(18)31/h3-4,6,8-12,14H,5,7,13,15H2,1-2H3. The molecule has 1 aliphatic rings. The molecule has 9 heteroatoms. The van der Waals surface area contributed by atoms with Crippen molar-refractivity contribution in [1.29, 1.82) is 0 Å². The maximum atomic E-state index is 13.8. The summed E-state index contributed by atoms with van der Waals surface area (Å²) in [6.45, 7) is 4.54. The second-order valence-electron chi connectivity index (χ2n) is 8.18. The summed E-state index contributed by atoms with van der Waals surface area (Å²) in [5.41, 5.74) is 5.74. The van der Waals surface area contributed by atoms with E-state index in [-0.39, 0.29) is 5.91 Å². The quantitative estimate of drug-likeness (QED) is 0.282. The van der Waals surface area contributed by atoms with Crippen LogP contribution in [0.25, 0.3) is 5.69 Å². The van der Waals surface area contributed by atoms with E-state index >= 15 is 0 Å². The molecule has 0 spiro atoms. The van der Waals surface area contributed by atoms with Crippen LogP contribution in [0, 0.1) is 13.8 Å². The molecular formula is C25H23ClN6OS. The minimum atomic E-state index is -0.149. The highest BCUT2D eigenvalue weighted by atomic mass is 35.5. The van der Waals surface area contributed by atoms with E-state index in [1.54, 1.807) is 16.8 Å². The van der Waals surface area contributed by atoms with Crippen LogP contribution in [0.1, 0.15) is 39.6 Å². The van der Waals surface area contributed by atoms with Gasteiger partial charge in [-0.2, -0.15) is 0 Å². The van der Waals surface area contributed by atoms with Crippen molar-refractivity contribution < 1.29 is 4.79 Å². The Hall–Kier alpha value is -3.23. The number of anilines is 1. The van der Waals surface area contributed by atoms with Gasteiger partial charge in [-0.1, -0.05) is 46.8 Å². The van der Waals surface area contributed by atoms with Gasteiger partial charge in [-0.3, -0.25) is 4.79 Å². The van der Waals surface area contributed by atoms with Gasteiger partial charge >= 0.3 is 0 Å². The maximum Gasteiger partial charge on any atom is 0.280 e. The Morgan fingerprint density at radius 1 is 1.06 bits per heavy atom.